The summed E-state index contributed by atoms with van der Waals surface area (Å²) in [5.74, 6) is 0. The van der Waals surface area contributed by atoms with Gasteiger partial charge in [-0.2, -0.15) is 0 Å². The molecule has 0 spiro atoms. The van der Waals surface area contributed by atoms with Crippen molar-refractivity contribution >= 4 is 0 Å². The highest BCUT2D eigenvalue weighted by Gasteiger charge is 2.14. The van der Waals surface area contributed by atoms with E-state index >= 15 is 0 Å². The number of hydrogen-bond donors (Lipinski definition) is 1. The summed E-state index contributed by atoms with van der Waals surface area (Å²) in [6, 6.07) is 0. The van der Waals surface area contributed by atoms with Gasteiger partial charge in [-0.05, 0) is 24.7 Å². The van der Waals surface area contributed by atoms with E-state index in [9.17, 15) is 0 Å². The van der Waals surface area contributed by atoms with Crippen LogP contribution in [0.15, 0.2) is 0 Å². The fraction of sp³-hybridized carbons (Fsp3) is 1.00. The minimum absolute atomic E-state index is 0.380. The van der Waals surface area contributed by atoms with E-state index in [0.717, 1.165) is 39.3 Å². The van der Waals surface area contributed by atoms with E-state index in [1.807, 2.05) is 0 Å². The standard InChI is InChI=1S/C13H27NO2/c1-13(2,3)6-9-15-10-7-14-11-12-5-4-8-16-12/h12,14H,4-11H2,1-3H3. The minimum atomic E-state index is 0.380. The molecule has 0 bridgehead atoms. The van der Waals surface area contributed by atoms with Gasteiger partial charge in [-0.3, -0.25) is 0 Å². The van der Waals surface area contributed by atoms with E-state index in [-0.39, 0.29) is 0 Å². The van der Waals surface area contributed by atoms with Crippen molar-refractivity contribution < 1.29 is 9.47 Å². The van der Waals surface area contributed by atoms with Crippen molar-refractivity contribution in [3.05, 3.63) is 0 Å². The van der Waals surface area contributed by atoms with Crippen molar-refractivity contribution in [3.8, 4) is 0 Å². The van der Waals surface area contributed by atoms with Crippen molar-refractivity contribution in [1.29, 1.82) is 0 Å². The van der Waals surface area contributed by atoms with Crippen molar-refractivity contribution in [2.24, 2.45) is 5.41 Å². The Hall–Kier alpha value is -0.120. The Morgan fingerprint density at radius 1 is 1.31 bits per heavy atom. The SMILES string of the molecule is CC(C)(C)CCOCCNCC1CCCO1. The smallest absolute Gasteiger partial charge is 0.0700 e. The highest BCUT2D eigenvalue weighted by atomic mass is 16.5. The first-order valence-electron chi connectivity index (χ1n) is 6.48. The molecule has 1 N–H and O–H groups in total. The van der Waals surface area contributed by atoms with E-state index in [2.05, 4.69) is 26.1 Å². The molecule has 0 aliphatic carbocycles. The Morgan fingerprint density at radius 2 is 2.12 bits per heavy atom. The lowest BCUT2D eigenvalue weighted by molar-refractivity contribution is 0.0947. The highest BCUT2D eigenvalue weighted by Crippen LogP contribution is 2.17. The number of hydrogen-bond acceptors (Lipinski definition) is 3. The van der Waals surface area contributed by atoms with Crippen LogP contribution in [0.5, 0.6) is 0 Å². The van der Waals surface area contributed by atoms with Crippen LogP contribution in [-0.2, 0) is 9.47 Å². The van der Waals surface area contributed by atoms with Gasteiger partial charge in [0.15, 0.2) is 0 Å². The molecule has 0 aromatic rings. The maximum atomic E-state index is 5.57. The van der Waals surface area contributed by atoms with Crippen LogP contribution in [0.4, 0.5) is 0 Å². The zero-order valence-electron chi connectivity index (χ0n) is 11.1. The maximum absolute atomic E-state index is 5.57. The van der Waals surface area contributed by atoms with E-state index in [4.69, 9.17) is 9.47 Å². The molecule has 96 valence electrons. The molecule has 0 saturated carbocycles. The van der Waals surface area contributed by atoms with Gasteiger partial charge in [-0.15, -0.1) is 0 Å². The van der Waals surface area contributed by atoms with Gasteiger partial charge >= 0.3 is 0 Å². The molecule has 0 aromatic heterocycles. The van der Waals surface area contributed by atoms with Crippen LogP contribution in [0.2, 0.25) is 0 Å². The minimum Gasteiger partial charge on any atom is -0.380 e. The molecular weight excluding hydrogens is 202 g/mol. The summed E-state index contributed by atoms with van der Waals surface area (Å²) in [7, 11) is 0. The van der Waals surface area contributed by atoms with Crippen LogP contribution in [0.25, 0.3) is 0 Å². The molecule has 16 heavy (non-hydrogen) atoms. The summed E-state index contributed by atoms with van der Waals surface area (Å²) in [5.41, 5.74) is 0.380. The van der Waals surface area contributed by atoms with Crippen LogP contribution in [-0.4, -0.2) is 39.0 Å². The predicted molar refractivity (Wildman–Crippen MR) is 66.7 cm³/mol. The van der Waals surface area contributed by atoms with Gasteiger partial charge in [-0.1, -0.05) is 20.8 Å². The Labute approximate surface area is 99.9 Å². The molecule has 0 radical (unpaired) electrons. The summed E-state index contributed by atoms with van der Waals surface area (Å²) < 4.78 is 11.1. The second-order valence-corrected chi connectivity index (χ2v) is 5.76. The lowest BCUT2D eigenvalue weighted by atomic mass is 9.93. The number of nitrogens with one attached hydrogen (secondary N) is 1. The first-order chi connectivity index (χ1) is 7.58. The zero-order valence-corrected chi connectivity index (χ0v) is 11.1. The van der Waals surface area contributed by atoms with Crippen LogP contribution in [0.1, 0.15) is 40.0 Å². The normalized spacial score (nSPS) is 21.6. The monoisotopic (exact) mass is 229 g/mol. The van der Waals surface area contributed by atoms with E-state index in [0.29, 0.717) is 11.5 Å². The van der Waals surface area contributed by atoms with Gasteiger partial charge in [0.1, 0.15) is 0 Å². The summed E-state index contributed by atoms with van der Waals surface area (Å²) in [4.78, 5) is 0. The molecule has 1 aliphatic heterocycles. The topological polar surface area (TPSA) is 30.5 Å². The summed E-state index contributed by atoms with van der Waals surface area (Å²) in [5, 5.41) is 3.37. The summed E-state index contributed by atoms with van der Waals surface area (Å²) in [6.45, 7) is 11.2. The highest BCUT2D eigenvalue weighted by molar-refractivity contribution is 4.67. The quantitative estimate of drug-likeness (QED) is 0.679. The van der Waals surface area contributed by atoms with Crippen LogP contribution < -0.4 is 5.32 Å². The molecule has 1 heterocycles. The molecule has 1 saturated heterocycles. The number of rotatable bonds is 7. The zero-order chi connectivity index (χ0) is 11.9. The first kappa shape index (κ1) is 13.9. The number of ether oxygens (including phenoxy) is 2. The van der Waals surface area contributed by atoms with Crippen molar-refractivity contribution in [2.45, 2.75) is 46.1 Å². The van der Waals surface area contributed by atoms with Gasteiger partial charge in [0, 0.05) is 26.3 Å². The molecular formula is C13H27NO2. The maximum Gasteiger partial charge on any atom is 0.0700 e. The largest absolute Gasteiger partial charge is 0.380 e. The Morgan fingerprint density at radius 3 is 2.75 bits per heavy atom. The lowest BCUT2D eigenvalue weighted by Gasteiger charge is -2.17. The second-order valence-electron chi connectivity index (χ2n) is 5.76. The molecule has 0 aromatic carbocycles. The van der Waals surface area contributed by atoms with Gasteiger partial charge < -0.3 is 14.8 Å². The summed E-state index contributed by atoms with van der Waals surface area (Å²) in [6.07, 6.45) is 3.99. The van der Waals surface area contributed by atoms with Crippen LogP contribution >= 0.6 is 0 Å². The van der Waals surface area contributed by atoms with Gasteiger partial charge in [0.05, 0.1) is 12.7 Å². The average molecular weight is 229 g/mol. The lowest BCUT2D eigenvalue weighted by Crippen LogP contribution is -2.29. The Kier molecular flexibility index (Phi) is 6.32. The van der Waals surface area contributed by atoms with Crippen molar-refractivity contribution in [3.63, 3.8) is 0 Å². The van der Waals surface area contributed by atoms with Crippen molar-refractivity contribution in [1.82, 2.24) is 5.32 Å². The van der Waals surface area contributed by atoms with Crippen LogP contribution in [0.3, 0.4) is 0 Å². The fourth-order valence-corrected chi connectivity index (χ4v) is 1.69. The first-order valence-corrected chi connectivity index (χ1v) is 6.48. The van der Waals surface area contributed by atoms with E-state index in [1.54, 1.807) is 0 Å². The molecule has 3 nitrogen and oxygen atoms in total. The van der Waals surface area contributed by atoms with Gasteiger partial charge in [0.2, 0.25) is 0 Å². The summed E-state index contributed by atoms with van der Waals surface area (Å²) >= 11 is 0. The molecule has 1 fully saturated rings. The molecule has 1 atom stereocenters. The van der Waals surface area contributed by atoms with E-state index in [1.165, 1.54) is 12.8 Å². The Balaban J connectivity index is 1.81. The Bertz CT molecular complexity index is 171. The van der Waals surface area contributed by atoms with Gasteiger partial charge in [0.25, 0.3) is 0 Å². The molecule has 1 unspecified atom stereocenters. The fourth-order valence-electron chi connectivity index (χ4n) is 1.69. The second kappa shape index (κ2) is 7.25. The predicted octanol–water partition coefficient (Wildman–Crippen LogP) is 2.21. The molecule has 0 amide bonds. The third kappa shape index (κ3) is 7.20. The average Bonchev–Trinajstić information content (AvgIpc) is 2.67. The molecule has 1 rings (SSSR count). The van der Waals surface area contributed by atoms with Gasteiger partial charge in [-0.25, -0.2) is 0 Å². The van der Waals surface area contributed by atoms with Crippen molar-refractivity contribution in [2.75, 3.05) is 32.9 Å². The third-order valence-electron chi connectivity index (χ3n) is 2.82. The molecule has 3 heteroatoms. The molecule has 1 aliphatic rings. The van der Waals surface area contributed by atoms with E-state index < -0.39 is 0 Å². The van der Waals surface area contributed by atoms with Crippen LogP contribution in [0, 0.1) is 5.41 Å². The third-order valence-corrected chi connectivity index (χ3v) is 2.82.